The van der Waals surface area contributed by atoms with Crippen LogP contribution < -0.4 is 4.90 Å². The van der Waals surface area contributed by atoms with Gasteiger partial charge in [-0.25, -0.2) is 8.42 Å². The van der Waals surface area contributed by atoms with E-state index in [0.29, 0.717) is 5.95 Å². The lowest BCUT2D eigenvalue weighted by molar-refractivity contribution is -0.139. The molecule has 1 saturated heterocycles. The van der Waals surface area contributed by atoms with E-state index in [-0.39, 0.29) is 26.2 Å². The van der Waals surface area contributed by atoms with E-state index in [1.54, 1.807) is 4.90 Å². The fourth-order valence-electron chi connectivity index (χ4n) is 3.31. The van der Waals surface area contributed by atoms with Gasteiger partial charge in [-0.3, -0.25) is 0 Å². The number of alkyl halides is 3. The molecule has 158 valence electrons. The Balaban J connectivity index is 1.55. The van der Waals surface area contributed by atoms with E-state index in [1.807, 2.05) is 30.3 Å². The van der Waals surface area contributed by atoms with Crippen molar-refractivity contribution in [2.45, 2.75) is 11.1 Å². The molecule has 8 nitrogen and oxygen atoms in total. The average Bonchev–Trinajstić information content (AvgIpc) is 3.24. The zero-order chi connectivity index (χ0) is 21.4. The van der Waals surface area contributed by atoms with Crippen molar-refractivity contribution in [3.63, 3.8) is 0 Å². The molecular weight excluding hydrogens is 421 g/mol. The number of halogens is 3. The summed E-state index contributed by atoms with van der Waals surface area (Å²) in [6.07, 6.45) is -4.76. The minimum atomic E-state index is -4.76. The van der Waals surface area contributed by atoms with Crippen molar-refractivity contribution < 1.29 is 21.6 Å². The Kier molecular flexibility index (Phi) is 5.20. The van der Waals surface area contributed by atoms with Gasteiger partial charge < -0.3 is 4.90 Å². The summed E-state index contributed by atoms with van der Waals surface area (Å²) in [5.74, 6) is 0.439. The molecule has 2 aromatic carbocycles. The third kappa shape index (κ3) is 3.75. The second-order valence-corrected chi connectivity index (χ2v) is 8.52. The van der Waals surface area contributed by atoms with Gasteiger partial charge in [-0.1, -0.05) is 35.4 Å². The highest BCUT2D eigenvalue weighted by atomic mass is 32.2. The van der Waals surface area contributed by atoms with Crippen LogP contribution in [0.4, 0.5) is 19.1 Å². The summed E-state index contributed by atoms with van der Waals surface area (Å²) in [5.41, 5.74) is -0.424. The highest BCUT2D eigenvalue weighted by Crippen LogP contribution is 2.35. The minimum Gasteiger partial charge on any atom is -0.337 e. The average molecular weight is 438 g/mol. The molecule has 2 heterocycles. The molecular formula is C18H17F3N6O2S. The van der Waals surface area contributed by atoms with E-state index in [2.05, 4.69) is 15.5 Å². The molecule has 0 N–H and O–H groups in total. The van der Waals surface area contributed by atoms with Gasteiger partial charge in [0.15, 0.2) is 0 Å². The topological polar surface area (TPSA) is 84.2 Å². The lowest BCUT2D eigenvalue weighted by Crippen LogP contribution is -2.49. The Morgan fingerprint density at radius 3 is 2.17 bits per heavy atom. The van der Waals surface area contributed by atoms with Crippen molar-refractivity contribution in [1.82, 2.24) is 24.5 Å². The smallest absolute Gasteiger partial charge is 0.337 e. The van der Waals surface area contributed by atoms with E-state index in [9.17, 15) is 21.6 Å². The molecule has 0 amide bonds. The third-order valence-corrected chi connectivity index (χ3v) is 6.74. The van der Waals surface area contributed by atoms with Crippen molar-refractivity contribution in [1.29, 1.82) is 0 Å². The summed E-state index contributed by atoms with van der Waals surface area (Å²) >= 11 is 0. The largest absolute Gasteiger partial charge is 0.417 e. The summed E-state index contributed by atoms with van der Waals surface area (Å²) in [6, 6.07) is 13.4. The molecule has 12 heteroatoms. The predicted octanol–water partition coefficient (Wildman–Crippen LogP) is 2.19. The molecule has 1 fully saturated rings. The number of hydrogen-bond donors (Lipinski definition) is 0. The molecule has 3 aromatic rings. The first-order chi connectivity index (χ1) is 14.3. The SMILES string of the molecule is O=S(=O)(c1ccccc1C(F)(F)F)N1CCN(c2nnnn2-c2ccccc2)CC1. The number of rotatable bonds is 4. The number of aromatic nitrogens is 4. The maximum absolute atomic E-state index is 13.3. The Morgan fingerprint density at radius 2 is 1.50 bits per heavy atom. The van der Waals surface area contributed by atoms with E-state index in [4.69, 9.17) is 0 Å². The molecule has 0 saturated carbocycles. The zero-order valence-corrected chi connectivity index (χ0v) is 16.4. The van der Waals surface area contributed by atoms with Gasteiger partial charge in [0.2, 0.25) is 16.0 Å². The van der Waals surface area contributed by atoms with Gasteiger partial charge in [0, 0.05) is 26.2 Å². The van der Waals surface area contributed by atoms with Crippen LogP contribution in [0.2, 0.25) is 0 Å². The molecule has 0 unspecified atom stereocenters. The summed E-state index contributed by atoms with van der Waals surface area (Å²) in [5, 5.41) is 11.7. The third-order valence-electron chi connectivity index (χ3n) is 4.79. The van der Waals surface area contributed by atoms with E-state index in [0.717, 1.165) is 22.1 Å². The number of anilines is 1. The maximum Gasteiger partial charge on any atom is 0.417 e. The van der Waals surface area contributed by atoms with Crippen LogP contribution in [-0.4, -0.2) is 59.1 Å². The van der Waals surface area contributed by atoms with Crippen LogP contribution in [0.25, 0.3) is 5.69 Å². The number of benzene rings is 2. The van der Waals surface area contributed by atoms with Crippen LogP contribution in [-0.2, 0) is 16.2 Å². The molecule has 0 aliphatic carbocycles. The van der Waals surface area contributed by atoms with Crippen molar-refractivity contribution in [2.24, 2.45) is 0 Å². The molecule has 0 atom stereocenters. The van der Waals surface area contributed by atoms with Gasteiger partial charge in [0.1, 0.15) is 0 Å². The molecule has 1 aromatic heterocycles. The van der Waals surface area contributed by atoms with Crippen molar-refractivity contribution in [3.05, 3.63) is 60.2 Å². The monoisotopic (exact) mass is 438 g/mol. The molecule has 0 radical (unpaired) electrons. The maximum atomic E-state index is 13.3. The van der Waals surface area contributed by atoms with Crippen LogP contribution in [0, 0.1) is 0 Å². The molecule has 30 heavy (non-hydrogen) atoms. The number of hydrogen-bond acceptors (Lipinski definition) is 6. The van der Waals surface area contributed by atoms with E-state index >= 15 is 0 Å². The number of nitrogens with zero attached hydrogens (tertiary/aromatic N) is 6. The number of para-hydroxylation sites is 1. The lowest BCUT2D eigenvalue weighted by atomic mass is 10.2. The molecule has 4 rings (SSSR count). The summed E-state index contributed by atoms with van der Waals surface area (Å²) < 4.78 is 68.2. The van der Waals surface area contributed by atoms with Gasteiger partial charge in [-0.05, 0) is 34.7 Å². The standard InChI is InChI=1S/C18H17F3N6O2S/c19-18(20,21)15-8-4-5-9-16(15)30(28,29)26-12-10-25(11-13-26)17-22-23-24-27(17)14-6-2-1-3-7-14/h1-9H,10-13H2. The van der Waals surface area contributed by atoms with Crippen LogP contribution in [0.3, 0.4) is 0 Å². The second kappa shape index (κ2) is 7.69. The Bertz CT molecular complexity index is 1130. The predicted molar refractivity (Wildman–Crippen MR) is 102 cm³/mol. The fourth-order valence-corrected chi connectivity index (χ4v) is 4.94. The Hall–Kier alpha value is -2.99. The Morgan fingerprint density at radius 1 is 0.867 bits per heavy atom. The lowest BCUT2D eigenvalue weighted by Gasteiger charge is -2.34. The highest BCUT2D eigenvalue weighted by molar-refractivity contribution is 7.89. The van der Waals surface area contributed by atoms with Crippen molar-refractivity contribution >= 4 is 16.0 Å². The van der Waals surface area contributed by atoms with Crippen molar-refractivity contribution in [3.8, 4) is 5.69 Å². The highest BCUT2D eigenvalue weighted by Gasteiger charge is 2.39. The second-order valence-electron chi connectivity index (χ2n) is 6.61. The molecule has 1 aliphatic rings. The molecule has 1 aliphatic heterocycles. The normalized spacial score (nSPS) is 16.0. The number of tetrazole rings is 1. The summed E-state index contributed by atoms with van der Waals surface area (Å²) in [4.78, 5) is 1.06. The summed E-state index contributed by atoms with van der Waals surface area (Å²) in [7, 11) is -4.30. The first-order valence-electron chi connectivity index (χ1n) is 9.03. The van der Waals surface area contributed by atoms with Gasteiger partial charge in [-0.15, -0.1) is 0 Å². The van der Waals surface area contributed by atoms with E-state index < -0.39 is 26.7 Å². The van der Waals surface area contributed by atoms with Crippen LogP contribution in [0.15, 0.2) is 59.5 Å². The van der Waals surface area contributed by atoms with Crippen LogP contribution in [0.5, 0.6) is 0 Å². The number of sulfonamides is 1. The van der Waals surface area contributed by atoms with E-state index in [1.165, 1.54) is 16.8 Å². The summed E-state index contributed by atoms with van der Waals surface area (Å²) in [6.45, 7) is 0.494. The minimum absolute atomic E-state index is 0.0101. The Labute approximate surface area is 170 Å². The fraction of sp³-hybridized carbons (Fsp3) is 0.278. The van der Waals surface area contributed by atoms with Gasteiger partial charge >= 0.3 is 6.18 Å². The van der Waals surface area contributed by atoms with Crippen LogP contribution in [0.1, 0.15) is 5.56 Å². The van der Waals surface area contributed by atoms with Crippen LogP contribution >= 0.6 is 0 Å². The first-order valence-corrected chi connectivity index (χ1v) is 10.5. The van der Waals surface area contributed by atoms with Gasteiger partial charge in [0.05, 0.1) is 16.1 Å². The van der Waals surface area contributed by atoms with Crippen molar-refractivity contribution in [2.75, 3.05) is 31.1 Å². The van der Waals surface area contributed by atoms with Gasteiger partial charge in [0.25, 0.3) is 0 Å². The first kappa shape index (κ1) is 20.3. The molecule has 0 bridgehead atoms. The molecule has 0 spiro atoms. The number of piperazine rings is 1. The van der Waals surface area contributed by atoms with Gasteiger partial charge in [-0.2, -0.15) is 22.2 Å². The zero-order valence-electron chi connectivity index (χ0n) is 15.6. The quantitative estimate of drug-likeness (QED) is 0.621.